The Morgan fingerprint density at radius 1 is 0.296 bits per heavy atom. The van der Waals surface area contributed by atoms with Gasteiger partial charge in [-0.3, -0.25) is 0 Å². The maximum Gasteiger partial charge on any atom is 0.416 e. The van der Waals surface area contributed by atoms with Gasteiger partial charge in [-0.2, -0.15) is 127 Å². The molecule has 0 atom stereocenters. The molecule has 0 aliphatic carbocycles. The van der Waals surface area contributed by atoms with Gasteiger partial charge in [-0.1, -0.05) is 93.6 Å². The van der Waals surface area contributed by atoms with Crippen molar-refractivity contribution in [3.8, 4) is 0 Å². The standard InChI is InChI=1S/C32H12BF24.C13H21S/c34-25(35,36)13-1-14(26(37,38)39)6-21(5-13)33(22-7-15(27(40,41)42)2-16(8-22)28(43,44)45,23-9-17(29(46,47)48)3-18(10-23)30(49,50)51)24-11-19(31(52,53)54)4-20(12-24)32(55,56)57;1-13(2,3)12-8-6-11(7-9-12)10-14(4)5/h1-12H;6-9H,10H2,1-5H3/q-1;+1. The molecular weight excluding hydrogens is 1040 g/mol. The monoisotopic (exact) mass is 1070 g/mol. The van der Waals surface area contributed by atoms with Gasteiger partial charge < -0.3 is 0 Å². The first-order valence-corrected chi connectivity index (χ1v) is 21.9. The first-order valence-electron chi connectivity index (χ1n) is 19.6. The Morgan fingerprint density at radius 3 is 0.620 bits per heavy atom. The van der Waals surface area contributed by atoms with Crippen molar-refractivity contribution in [2.24, 2.45) is 0 Å². The fourth-order valence-corrected chi connectivity index (χ4v) is 8.36. The molecule has 0 aliphatic rings. The molecule has 0 heterocycles. The van der Waals surface area contributed by atoms with Crippen LogP contribution in [0.5, 0.6) is 0 Å². The zero-order chi connectivity index (χ0) is 54.7. The van der Waals surface area contributed by atoms with E-state index in [1.54, 1.807) is 0 Å². The summed E-state index contributed by atoms with van der Waals surface area (Å²) in [5, 5.41) is 0. The summed E-state index contributed by atoms with van der Waals surface area (Å²) in [6.45, 7) is 6.77. The minimum Gasteiger partial charge on any atom is -0.194 e. The van der Waals surface area contributed by atoms with Crippen molar-refractivity contribution in [1.29, 1.82) is 0 Å². The normalized spacial score (nSPS) is 13.9. The topological polar surface area (TPSA) is 0 Å². The largest absolute Gasteiger partial charge is 0.416 e. The molecule has 0 spiro atoms. The Bertz CT molecular complexity index is 2230. The van der Waals surface area contributed by atoms with Crippen molar-refractivity contribution in [3.05, 3.63) is 153 Å². The molecule has 26 heteroatoms. The summed E-state index contributed by atoms with van der Waals surface area (Å²) in [7, 11) is 0.506. The van der Waals surface area contributed by atoms with Gasteiger partial charge in [0.25, 0.3) is 0 Å². The Hall–Kier alpha value is -5.17. The second kappa shape index (κ2) is 19.4. The van der Waals surface area contributed by atoms with Gasteiger partial charge in [-0.05, 0) is 46.1 Å². The Labute approximate surface area is 390 Å². The highest BCUT2D eigenvalue weighted by atomic mass is 32.2. The van der Waals surface area contributed by atoms with Crippen LogP contribution in [0.25, 0.3) is 0 Å². The second-order valence-corrected chi connectivity index (χ2v) is 19.6. The molecule has 0 saturated heterocycles. The molecule has 0 aromatic heterocycles. The van der Waals surface area contributed by atoms with Crippen molar-refractivity contribution in [1.82, 2.24) is 0 Å². The zero-order valence-corrected chi connectivity index (χ0v) is 37.3. The number of hydrogen-bond acceptors (Lipinski definition) is 0. The van der Waals surface area contributed by atoms with Crippen LogP contribution < -0.4 is 21.9 Å². The molecule has 390 valence electrons. The predicted octanol–water partition coefficient (Wildman–Crippen LogP) is 14.6. The van der Waals surface area contributed by atoms with E-state index in [0.717, 1.165) is 0 Å². The Kier molecular flexibility index (Phi) is 15.9. The van der Waals surface area contributed by atoms with Crippen LogP contribution in [0.4, 0.5) is 105 Å². The highest BCUT2D eigenvalue weighted by molar-refractivity contribution is 7.94. The molecule has 0 radical (unpaired) electrons. The van der Waals surface area contributed by atoms with E-state index in [2.05, 4.69) is 57.5 Å². The lowest BCUT2D eigenvalue weighted by Crippen LogP contribution is -2.75. The van der Waals surface area contributed by atoms with Crippen molar-refractivity contribution < 1.29 is 105 Å². The van der Waals surface area contributed by atoms with Crippen molar-refractivity contribution >= 4 is 38.9 Å². The molecule has 0 N–H and O–H groups in total. The lowest BCUT2D eigenvalue weighted by atomic mass is 9.12. The summed E-state index contributed by atoms with van der Waals surface area (Å²) in [6, 6.07) is 0.265. The SMILES string of the molecule is C[S+](C)Cc1ccc(C(C)(C)C)cc1.FC(F)(F)c1cc([B-](c2cc(C(F)(F)F)cc(C(F)(F)F)c2)(c2cc(C(F)(F)F)cc(C(F)(F)F)c2)c2cc(C(F)(F)F)cc(C(F)(F)F)c2)cc(C(F)(F)F)c1. The molecule has 71 heavy (non-hydrogen) atoms. The summed E-state index contributed by atoms with van der Waals surface area (Å²) >= 11 is 0. The van der Waals surface area contributed by atoms with E-state index < -0.39 is 195 Å². The summed E-state index contributed by atoms with van der Waals surface area (Å²) in [5.41, 5.74) is -27.0. The molecule has 0 bridgehead atoms. The minimum atomic E-state index is -6.13. The highest BCUT2D eigenvalue weighted by Gasteiger charge is 2.47. The highest BCUT2D eigenvalue weighted by Crippen LogP contribution is 2.41. The third-order valence-electron chi connectivity index (χ3n) is 10.7. The first-order chi connectivity index (χ1) is 31.7. The maximum atomic E-state index is 14.2. The van der Waals surface area contributed by atoms with E-state index in [-0.39, 0.29) is 5.41 Å². The molecule has 5 aromatic carbocycles. The van der Waals surface area contributed by atoms with Gasteiger partial charge in [0, 0.05) is 5.56 Å². The van der Waals surface area contributed by atoms with Crippen molar-refractivity contribution in [2.45, 2.75) is 81.3 Å². The average Bonchev–Trinajstić information content (AvgIpc) is 3.18. The molecule has 0 unspecified atom stereocenters. The van der Waals surface area contributed by atoms with Crippen LogP contribution >= 0.6 is 0 Å². The van der Waals surface area contributed by atoms with Gasteiger partial charge in [0.1, 0.15) is 11.9 Å². The summed E-state index contributed by atoms with van der Waals surface area (Å²) in [4.78, 5) is 0. The van der Waals surface area contributed by atoms with Crippen LogP contribution in [0.1, 0.15) is 76.4 Å². The van der Waals surface area contributed by atoms with Gasteiger partial charge in [0.05, 0.1) is 57.0 Å². The van der Waals surface area contributed by atoms with Crippen LogP contribution in [0.2, 0.25) is 0 Å². The van der Waals surface area contributed by atoms with Crippen LogP contribution in [0.15, 0.2) is 97.1 Å². The molecule has 0 amide bonds. The van der Waals surface area contributed by atoms with Gasteiger partial charge in [-0.25, -0.2) is 0 Å². The number of halogens is 24. The first kappa shape index (κ1) is 58.4. The van der Waals surface area contributed by atoms with E-state index in [0.29, 0.717) is 10.9 Å². The van der Waals surface area contributed by atoms with Gasteiger partial charge in [0.2, 0.25) is 0 Å². The minimum absolute atomic E-state index is 0.276. The fourth-order valence-electron chi connectivity index (χ4n) is 7.50. The van der Waals surface area contributed by atoms with Crippen molar-refractivity contribution in [2.75, 3.05) is 12.5 Å². The molecule has 5 aromatic rings. The van der Waals surface area contributed by atoms with E-state index in [1.165, 1.54) is 16.9 Å². The van der Waals surface area contributed by atoms with Crippen LogP contribution in [0, 0.1) is 0 Å². The quantitative estimate of drug-likeness (QED) is 0.0903. The molecule has 5 rings (SSSR count). The van der Waals surface area contributed by atoms with Crippen LogP contribution in [0.3, 0.4) is 0 Å². The number of benzene rings is 5. The van der Waals surface area contributed by atoms with Gasteiger partial charge >= 0.3 is 49.4 Å². The number of hydrogen-bond donors (Lipinski definition) is 0. The Balaban J connectivity index is 0.000000671. The van der Waals surface area contributed by atoms with E-state index in [1.807, 2.05) is 0 Å². The van der Waals surface area contributed by atoms with Gasteiger partial charge in [-0.15, -0.1) is 0 Å². The molecule has 0 nitrogen and oxygen atoms in total. The van der Waals surface area contributed by atoms with E-state index >= 15 is 0 Å². The average molecular weight is 1070 g/mol. The molecular formula is C45H33BF24S. The zero-order valence-electron chi connectivity index (χ0n) is 36.5. The van der Waals surface area contributed by atoms with Crippen molar-refractivity contribution in [3.63, 3.8) is 0 Å². The number of alkyl halides is 24. The third kappa shape index (κ3) is 14.1. The van der Waals surface area contributed by atoms with Crippen LogP contribution in [-0.4, -0.2) is 18.7 Å². The Morgan fingerprint density at radius 2 is 0.479 bits per heavy atom. The van der Waals surface area contributed by atoms with Crippen LogP contribution in [-0.2, 0) is 71.5 Å². The molecule has 0 aliphatic heterocycles. The van der Waals surface area contributed by atoms with Gasteiger partial charge in [0.15, 0.2) is 0 Å². The summed E-state index contributed by atoms with van der Waals surface area (Å²) < 4.78 is 341. The smallest absolute Gasteiger partial charge is 0.194 e. The third-order valence-corrected chi connectivity index (χ3v) is 11.6. The fraction of sp³-hybridized carbons (Fsp3) is 0.333. The maximum absolute atomic E-state index is 14.2. The lowest BCUT2D eigenvalue weighted by Gasteiger charge is -2.46. The summed E-state index contributed by atoms with van der Waals surface area (Å²) in [6.07, 6.45) is -50.2. The van der Waals surface area contributed by atoms with E-state index in [9.17, 15) is 105 Å². The predicted molar refractivity (Wildman–Crippen MR) is 218 cm³/mol. The number of rotatable bonds is 6. The van der Waals surface area contributed by atoms with E-state index in [4.69, 9.17) is 0 Å². The summed E-state index contributed by atoms with van der Waals surface area (Å²) in [5.74, 6) is 1.21. The molecule has 0 saturated carbocycles. The molecule has 0 fully saturated rings. The lowest BCUT2D eigenvalue weighted by molar-refractivity contribution is -0.144. The second-order valence-electron chi connectivity index (χ2n) is 17.3.